The van der Waals surface area contributed by atoms with Crippen LogP contribution in [-0.4, -0.2) is 32.2 Å². The number of fused-ring (bicyclic) bond motifs is 1. The number of nitrogens with one attached hydrogen (secondary N) is 1. The molecule has 2 aliphatic heterocycles. The normalized spacial score (nSPS) is 20.7. The summed E-state index contributed by atoms with van der Waals surface area (Å²) in [5, 5.41) is 13.7. The fourth-order valence-electron chi connectivity index (χ4n) is 3.72. The maximum Gasteiger partial charge on any atom is 0.318 e. The largest absolute Gasteiger partial charge is 0.331 e. The minimum atomic E-state index is 0.0110. The first kappa shape index (κ1) is 15.6. The number of nitrogens with zero attached hydrogens (tertiary/aromatic N) is 4. The maximum absolute atomic E-state index is 12.6. The molecule has 6 nitrogen and oxygen atoms in total. The Morgan fingerprint density at radius 2 is 2.21 bits per heavy atom. The van der Waals surface area contributed by atoms with Crippen molar-refractivity contribution in [3.63, 3.8) is 0 Å². The van der Waals surface area contributed by atoms with E-state index in [0.29, 0.717) is 6.54 Å². The third kappa shape index (κ3) is 3.05. The van der Waals surface area contributed by atoms with E-state index < -0.39 is 0 Å². The molecule has 1 atom stereocenters. The molecular formula is C17H23N5OS. The molecule has 128 valence electrons. The Bertz CT molecular complexity index is 696. The van der Waals surface area contributed by atoms with E-state index in [1.54, 1.807) is 11.3 Å². The number of aryl methyl sites for hydroxylation is 1. The summed E-state index contributed by atoms with van der Waals surface area (Å²) in [6, 6.07) is 4.41. The van der Waals surface area contributed by atoms with Gasteiger partial charge in [0.1, 0.15) is 5.82 Å². The van der Waals surface area contributed by atoms with Gasteiger partial charge < -0.3 is 14.8 Å². The lowest BCUT2D eigenvalue weighted by Gasteiger charge is -2.24. The molecule has 0 bridgehead atoms. The van der Waals surface area contributed by atoms with Gasteiger partial charge in [0.2, 0.25) is 0 Å². The molecule has 4 heterocycles. The molecule has 1 saturated heterocycles. The number of urea groups is 1. The Kier molecular flexibility index (Phi) is 4.51. The molecule has 0 aromatic carbocycles. The van der Waals surface area contributed by atoms with Crippen LogP contribution in [0.25, 0.3) is 0 Å². The van der Waals surface area contributed by atoms with Gasteiger partial charge in [-0.05, 0) is 37.1 Å². The van der Waals surface area contributed by atoms with E-state index >= 15 is 0 Å². The summed E-state index contributed by atoms with van der Waals surface area (Å²) in [6.45, 7) is 2.25. The molecule has 2 aliphatic rings. The van der Waals surface area contributed by atoms with Crippen LogP contribution < -0.4 is 5.32 Å². The molecule has 0 saturated carbocycles. The van der Waals surface area contributed by atoms with Gasteiger partial charge in [0.05, 0.1) is 12.6 Å². The standard InChI is InChI=1S/C17H23N5OS/c23-17(21-10-4-6-13(21)14-7-5-11-24-14)18-12-16-20-19-15-8-2-1-3-9-22(15)16/h5,7,11,13H,1-4,6,8-10,12H2,(H,18,23)/t13-/m1/s1. The molecule has 2 aromatic heterocycles. The van der Waals surface area contributed by atoms with Crippen molar-refractivity contribution in [1.29, 1.82) is 0 Å². The summed E-state index contributed by atoms with van der Waals surface area (Å²) in [4.78, 5) is 15.9. The summed E-state index contributed by atoms with van der Waals surface area (Å²) >= 11 is 1.73. The average Bonchev–Trinajstić information content (AvgIpc) is 3.31. The zero-order valence-electron chi connectivity index (χ0n) is 13.8. The molecule has 4 rings (SSSR count). The number of hydrogen-bond acceptors (Lipinski definition) is 4. The van der Waals surface area contributed by atoms with Crippen LogP contribution in [0.2, 0.25) is 0 Å². The molecule has 0 aliphatic carbocycles. The third-order valence-electron chi connectivity index (χ3n) is 4.97. The summed E-state index contributed by atoms with van der Waals surface area (Å²) < 4.78 is 2.19. The summed E-state index contributed by atoms with van der Waals surface area (Å²) in [5.41, 5.74) is 0. The van der Waals surface area contributed by atoms with E-state index in [1.807, 2.05) is 4.90 Å². The lowest BCUT2D eigenvalue weighted by Crippen LogP contribution is -2.39. The van der Waals surface area contributed by atoms with Gasteiger partial charge in [-0.3, -0.25) is 0 Å². The number of thiophene rings is 1. The van der Waals surface area contributed by atoms with Gasteiger partial charge in [0.25, 0.3) is 0 Å². The number of amides is 2. The average molecular weight is 345 g/mol. The number of aromatic nitrogens is 3. The predicted octanol–water partition coefficient (Wildman–Crippen LogP) is 3.11. The van der Waals surface area contributed by atoms with Crippen LogP contribution in [-0.2, 0) is 19.5 Å². The molecule has 2 aromatic rings. The van der Waals surface area contributed by atoms with Crippen molar-refractivity contribution in [3.05, 3.63) is 34.0 Å². The molecule has 0 radical (unpaired) electrons. The highest BCUT2D eigenvalue weighted by atomic mass is 32.1. The maximum atomic E-state index is 12.6. The summed E-state index contributed by atoms with van der Waals surface area (Å²) in [5.74, 6) is 1.95. The van der Waals surface area contributed by atoms with E-state index in [0.717, 1.165) is 44.0 Å². The topological polar surface area (TPSA) is 63.1 Å². The minimum Gasteiger partial charge on any atom is -0.331 e. The van der Waals surface area contributed by atoms with Crippen LogP contribution in [0.3, 0.4) is 0 Å². The fraction of sp³-hybridized carbons (Fsp3) is 0.588. The molecule has 2 amide bonds. The van der Waals surface area contributed by atoms with Crippen LogP contribution in [0.4, 0.5) is 4.79 Å². The Morgan fingerprint density at radius 3 is 3.08 bits per heavy atom. The number of rotatable bonds is 3. The van der Waals surface area contributed by atoms with Crippen LogP contribution in [0.5, 0.6) is 0 Å². The van der Waals surface area contributed by atoms with Gasteiger partial charge in [-0.1, -0.05) is 12.5 Å². The molecule has 24 heavy (non-hydrogen) atoms. The van der Waals surface area contributed by atoms with Gasteiger partial charge in [-0.25, -0.2) is 4.79 Å². The van der Waals surface area contributed by atoms with Crippen LogP contribution in [0.1, 0.15) is 54.7 Å². The minimum absolute atomic E-state index is 0.0110. The first-order chi connectivity index (χ1) is 11.8. The van der Waals surface area contributed by atoms with Crippen LogP contribution in [0.15, 0.2) is 17.5 Å². The van der Waals surface area contributed by atoms with Crippen molar-refractivity contribution in [3.8, 4) is 0 Å². The monoisotopic (exact) mass is 345 g/mol. The van der Waals surface area contributed by atoms with Gasteiger partial charge in [0, 0.05) is 24.4 Å². The van der Waals surface area contributed by atoms with E-state index in [1.165, 1.54) is 24.1 Å². The second-order valence-electron chi connectivity index (χ2n) is 6.52. The van der Waals surface area contributed by atoms with Crippen molar-refractivity contribution >= 4 is 17.4 Å². The van der Waals surface area contributed by atoms with Crippen molar-refractivity contribution in [2.24, 2.45) is 0 Å². The van der Waals surface area contributed by atoms with E-state index in [9.17, 15) is 4.79 Å². The van der Waals surface area contributed by atoms with E-state index in [4.69, 9.17) is 0 Å². The van der Waals surface area contributed by atoms with Gasteiger partial charge >= 0.3 is 6.03 Å². The second kappa shape index (κ2) is 6.93. The highest BCUT2D eigenvalue weighted by Gasteiger charge is 2.30. The van der Waals surface area contributed by atoms with Gasteiger partial charge in [0.15, 0.2) is 5.82 Å². The Hall–Kier alpha value is -1.89. The number of carbonyl (C=O) groups is 1. The Labute approximate surface area is 145 Å². The third-order valence-corrected chi connectivity index (χ3v) is 5.94. The second-order valence-corrected chi connectivity index (χ2v) is 7.50. The van der Waals surface area contributed by atoms with Crippen molar-refractivity contribution in [2.75, 3.05) is 6.54 Å². The predicted molar refractivity (Wildman–Crippen MR) is 92.8 cm³/mol. The Morgan fingerprint density at radius 1 is 1.25 bits per heavy atom. The number of likely N-dealkylation sites (tertiary alicyclic amines) is 1. The fourth-order valence-corrected chi connectivity index (χ4v) is 4.59. The van der Waals surface area contributed by atoms with Crippen molar-refractivity contribution in [1.82, 2.24) is 25.0 Å². The van der Waals surface area contributed by atoms with Gasteiger partial charge in [-0.15, -0.1) is 21.5 Å². The quantitative estimate of drug-likeness (QED) is 0.930. The highest BCUT2D eigenvalue weighted by molar-refractivity contribution is 7.10. The van der Waals surface area contributed by atoms with Crippen molar-refractivity contribution in [2.45, 2.75) is 57.7 Å². The summed E-state index contributed by atoms with van der Waals surface area (Å²) in [7, 11) is 0. The molecule has 1 N–H and O–H groups in total. The van der Waals surface area contributed by atoms with Crippen molar-refractivity contribution < 1.29 is 4.79 Å². The first-order valence-corrected chi connectivity index (χ1v) is 9.70. The zero-order valence-corrected chi connectivity index (χ0v) is 14.6. The first-order valence-electron chi connectivity index (χ1n) is 8.82. The lowest BCUT2D eigenvalue weighted by atomic mass is 10.2. The van der Waals surface area contributed by atoms with Crippen LogP contribution in [0, 0.1) is 0 Å². The van der Waals surface area contributed by atoms with E-state index in [2.05, 4.69) is 37.6 Å². The smallest absolute Gasteiger partial charge is 0.318 e. The zero-order chi connectivity index (χ0) is 16.4. The van der Waals surface area contributed by atoms with E-state index in [-0.39, 0.29) is 12.1 Å². The summed E-state index contributed by atoms with van der Waals surface area (Å²) in [6.07, 6.45) is 6.70. The molecule has 7 heteroatoms. The Balaban J connectivity index is 1.41. The molecule has 0 spiro atoms. The number of carbonyl (C=O) groups excluding carboxylic acids is 1. The molecule has 1 fully saturated rings. The van der Waals surface area contributed by atoms with Gasteiger partial charge in [-0.2, -0.15) is 0 Å². The number of hydrogen-bond donors (Lipinski definition) is 1. The SMILES string of the molecule is O=C(NCc1nnc2n1CCCCC2)N1CCC[C@@H]1c1cccs1. The molecular weight excluding hydrogens is 322 g/mol. The van der Waals surface area contributed by atoms with Crippen LogP contribution >= 0.6 is 11.3 Å². The molecule has 0 unspecified atom stereocenters. The lowest BCUT2D eigenvalue weighted by molar-refractivity contribution is 0.193. The highest BCUT2D eigenvalue weighted by Crippen LogP contribution is 2.34.